The van der Waals surface area contributed by atoms with E-state index in [1.54, 1.807) is 0 Å². The van der Waals surface area contributed by atoms with E-state index in [1.807, 2.05) is 0 Å². The molecule has 0 aromatic carbocycles. The maximum atomic E-state index is 3.00. The van der Waals surface area contributed by atoms with Crippen LogP contribution in [0.25, 0.3) is 0 Å². The first-order valence-electron chi connectivity index (χ1n) is 0.239. The number of hydrogen-bond acceptors (Lipinski definition) is 0. The van der Waals surface area contributed by atoms with Crippen LogP contribution in [-0.2, 0) is 10.9 Å². The molecule has 4 heavy (non-hydrogen) atoms. The van der Waals surface area contributed by atoms with Crippen LogP contribution in [0.2, 0.25) is 0 Å². The van der Waals surface area contributed by atoms with Crippen LogP contribution in [0.3, 0.4) is 0 Å². The summed E-state index contributed by atoms with van der Waals surface area (Å²) in [5.41, 5.74) is 0. The van der Waals surface area contributed by atoms with Crippen molar-refractivity contribution < 1.29 is 15.6 Å². The molecule has 0 saturated carbocycles. The third kappa shape index (κ3) is 10.0. The second kappa shape index (κ2) is 8.83. The van der Waals surface area contributed by atoms with Gasteiger partial charge in [-0.15, -0.1) is 0 Å². The Labute approximate surface area is 44.1 Å². The van der Waals surface area contributed by atoms with Crippen LogP contribution in [-0.4, -0.2) is 0 Å². The molecule has 0 spiro atoms. The number of hydrogen-bond donors (Lipinski definition) is 0. The van der Waals surface area contributed by atoms with Crippen molar-refractivity contribution in [3.63, 3.8) is 0 Å². The van der Waals surface area contributed by atoms with E-state index in [0.29, 0.717) is 0 Å². The predicted molar refractivity (Wildman–Crippen MR) is 20.4 cm³/mol. The van der Waals surface area contributed by atoms with Crippen LogP contribution >= 0.6 is 28.5 Å². The molecule has 0 atom stereocenters. The van der Waals surface area contributed by atoms with Crippen LogP contribution in [0.15, 0.2) is 0 Å². The Hall–Kier alpha value is 1.38. The standard InChI is InChI=1S/2BrH.FH.Ni/h3*1H;/q;;;+2/p-2. The zero-order chi connectivity index (χ0) is 2.71. The van der Waals surface area contributed by atoms with Gasteiger partial charge in [-0.3, -0.25) is 4.70 Å². The van der Waals surface area contributed by atoms with E-state index >= 15 is 0 Å². The van der Waals surface area contributed by atoms with E-state index in [4.69, 9.17) is 0 Å². The van der Waals surface area contributed by atoms with Crippen LogP contribution in [0.1, 0.15) is 0 Å². The molecule has 0 N–H and O–H groups in total. The third-order valence-corrected chi connectivity index (χ3v) is 0. The fourth-order valence-electron chi connectivity index (χ4n) is 0. The van der Waals surface area contributed by atoms with Gasteiger partial charge in [0.2, 0.25) is 0 Å². The first kappa shape index (κ1) is 9.04. The van der Waals surface area contributed by atoms with Crippen molar-refractivity contribution in [1.29, 1.82) is 0 Å². The summed E-state index contributed by atoms with van der Waals surface area (Å²) < 4.78 is 0. The molecule has 32 valence electrons. The fraction of sp³-hybridized carbons (Fsp3) is 0. The molecule has 0 radical (unpaired) electrons. The Balaban J connectivity index is 0. The molecular weight excluding hydrogens is 237 g/mol. The zero-order valence-electron chi connectivity index (χ0n) is 1.48. The second-order valence-corrected chi connectivity index (χ2v) is 5.03. The van der Waals surface area contributed by atoms with Crippen LogP contribution in [0.5, 0.6) is 0 Å². The van der Waals surface area contributed by atoms with Crippen molar-refractivity contribution in [2.24, 2.45) is 0 Å². The van der Waals surface area contributed by atoms with Gasteiger partial charge in [-0.05, 0) is 0 Å². The van der Waals surface area contributed by atoms with E-state index in [0.717, 1.165) is 0 Å². The molecule has 0 rings (SSSR count). The van der Waals surface area contributed by atoms with Crippen molar-refractivity contribution >= 4 is 28.5 Å². The van der Waals surface area contributed by atoms with Gasteiger partial charge in [0, 0.05) is 0 Å². The SMILES string of the molecule is F.[Br][Ni][Br]. The van der Waals surface area contributed by atoms with Gasteiger partial charge < -0.3 is 0 Å². The van der Waals surface area contributed by atoms with Gasteiger partial charge in [0.05, 0.1) is 0 Å². The first-order chi connectivity index (χ1) is 1.41. The van der Waals surface area contributed by atoms with E-state index in [-0.39, 0.29) is 4.70 Å². The molecular formula is HBr2FNi. The van der Waals surface area contributed by atoms with Gasteiger partial charge in [0.1, 0.15) is 0 Å². The zero-order valence-corrected chi connectivity index (χ0v) is 5.64. The van der Waals surface area contributed by atoms with Crippen LogP contribution in [0.4, 0.5) is 4.70 Å². The predicted octanol–water partition coefficient (Wildman–Crippen LogP) is 1.84. The summed E-state index contributed by atoms with van der Waals surface area (Å²) in [6, 6.07) is 0. The Morgan fingerprint density at radius 3 is 1.25 bits per heavy atom. The summed E-state index contributed by atoms with van der Waals surface area (Å²) >= 11 is 6.00. The molecule has 0 saturated heterocycles. The van der Waals surface area contributed by atoms with Crippen molar-refractivity contribution in [2.45, 2.75) is 0 Å². The molecule has 0 aliphatic heterocycles. The topological polar surface area (TPSA) is 0 Å². The average molecular weight is 239 g/mol. The summed E-state index contributed by atoms with van der Waals surface area (Å²) in [7, 11) is 1.25. The van der Waals surface area contributed by atoms with E-state index in [2.05, 4.69) is 28.5 Å². The fourth-order valence-corrected chi connectivity index (χ4v) is 0. The average Bonchev–Trinajstić information content (AvgIpc) is 0.918. The Kier molecular flexibility index (Phi) is 20.0. The Bertz CT molecular complexity index is 6.00. The molecule has 0 aromatic rings. The minimum atomic E-state index is 0. The Morgan fingerprint density at radius 1 is 1.25 bits per heavy atom. The quantitative estimate of drug-likeness (QED) is 0.565. The molecule has 0 heterocycles. The number of halogens is 3. The summed E-state index contributed by atoms with van der Waals surface area (Å²) in [6.07, 6.45) is 0. The molecule has 0 bridgehead atoms. The van der Waals surface area contributed by atoms with Crippen molar-refractivity contribution in [3.05, 3.63) is 0 Å². The van der Waals surface area contributed by atoms with E-state index in [1.165, 1.54) is 10.9 Å². The van der Waals surface area contributed by atoms with Crippen LogP contribution < -0.4 is 0 Å². The molecule has 0 unspecified atom stereocenters. The summed E-state index contributed by atoms with van der Waals surface area (Å²) in [4.78, 5) is 0. The second-order valence-electron chi connectivity index (χ2n) is 0.0452. The van der Waals surface area contributed by atoms with E-state index in [9.17, 15) is 0 Å². The maximum absolute atomic E-state index is 3.00. The van der Waals surface area contributed by atoms with Crippen molar-refractivity contribution in [3.8, 4) is 0 Å². The summed E-state index contributed by atoms with van der Waals surface area (Å²) in [6.45, 7) is 0. The van der Waals surface area contributed by atoms with E-state index < -0.39 is 0 Å². The monoisotopic (exact) mass is 236 g/mol. The first-order valence-corrected chi connectivity index (χ1v) is 5.12. The van der Waals surface area contributed by atoms with Crippen LogP contribution in [0, 0.1) is 0 Å². The van der Waals surface area contributed by atoms with Crippen molar-refractivity contribution in [2.75, 3.05) is 0 Å². The van der Waals surface area contributed by atoms with Gasteiger partial charge in [-0.1, -0.05) is 0 Å². The molecule has 0 aromatic heterocycles. The molecule has 0 aliphatic rings. The summed E-state index contributed by atoms with van der Waals surface area (Å²) in [5, 5.41) is 0. The number of rotatable bonds is 0. The van der Waals surface area contributed by atoms with Crippen molar-refractivity contribution in [1.82, 2.24) is 0 Å². The molecule has 0 nitrogen and oxygen atoms in total. The summed E-state index contributed by atoms with van der Waals surface area (Å²) in [5.74, 6) is 0. The normalized spacial score (nSPS) is 5.50. The van der Waals surface area contributed by atoms with Gasteiger partial charge in [-0.25, -0.2) is 0 Å². The molecule has 0 aliphatic carbocycles. The van der Waals surface area contributed by atoms with Gasteiger partial charge >= 0.3 is 39.3 Å². The molecule has 4 heteroatoms. The van der Waals surface area contributed by atoms with Gasteiger partial charge in [0.15, 0.2) is 0 Å². The third-order valence-electron chi connectivity index (χ3n) is 0. The van der Waals surface area contributed by atoms with Gasteiger partial charge in [-0.2, -0.15) is 0 Å². The minimum absolute atomic E-state index is 0. The Morgan fingerprint density at radius 2 is 1.25 bits per heavy atom. The molecule has 0 amide bonds. The van der Waals surface area contributed by atoms with Gasteiger partial charge in [0.25, 0.3) is 0 Å². The molecule has 0 fully saturated rings.